The van der Waals surface area contributed by atoms with Crippen molar-refractivity contribution in [3.8, 4) is 5.19 Å². The third-order valence-electron chi connectivity index (χ3n) is 4.91. The van der Waals surface area contributed by atoms with Crippen molar-refractivity contribution in [1.82, 2.24) is 15.2 Å². The summed E-state index contributed by atoms with van der Waals surface area (Å²) in [5.74, 6) is 0. The third-order valence-corrected chi connectivity index (χ3v) is 6.87. The summed E-state index contributed by atoms with van der Waals surface area (Å²) in [6.07, 6.45) is 1.79. The Kier molecular flexibility index (Phi) is 5.31. The number of likely N-dealkylation sites (tertiary alicyclic amines) is 1. The van der Waals surface area contributed by atoms with Gasteiger partial charge in [-0.25, -0.2) is 9.78 Å². The number of hydrogen-bond donors (Lipinski definition) is 1. The van der Waals surface area contributed by atoms with Crippen molar-refractivity contribution in [3.05, 3.63) is 45.6 Å². The Labute approximate surface area is 167 Å². The minimum Gasteiger partial charge on any atom is -0.467 e. The number of piperidine rings is 1. The summed E-state index contributed by atoms with van der Waals surface area (Å²) >= 11 is 3.28. The molecule has 0 spiro atoms. The Morgan fingerprint density at radius 1 is 1.26 bits per heavy atom. The van der Waals surface area contributed by atoms with Crippen LogP contribution in [0.1, 0.15) is 28.8 Å². The van der Waals surface area contributed by atoms with Gasteiger partial charge in [-0.3, -0.25) is 0 Å². The summed E-state index contributed by atoms with van der Waals surface area (Å²) in [5.41, 5.74) is 3.46. The van der Waals surface area contributed by atoms with Crippen LogP contribution < -0.4 is 10.1 Å². The van der Waals surface area contributed by atoms with Gasteiger partial charge in [-0.1, -0.05) is 29.5 Å². The number of benzene rings is 1. The first-order chi connectivity index (χ1) is 13.1. The molecule has 3 heterocycles. The van der Waals surface area contributed by atoms with E-state index < -0.39 is 0 Å². The Hall–Kier alpha value is -2.12. The second-order valence-corrected chi connectivity index (χ2v) is 8.89. The zero-order chi connectivity index (χ0) is 18.8. The highest BCUT2D eigenvalue weighted by Crippen LogP contribution is 2.33. The Bertz CT molecular complexity index is 889. The largest absolute Gasteiger partial charge is 0.467 e. The maximum absolute atomic E-state index is 12.3. The van der Waals surface area contributed by atoms with Crippen molar-refractivity contribution >= 4 is 38.9 Å². The summed E-state index contributed by atoms with van der Waals surface area (Å²) in [6, 6.07) is 8.28. The van der Waals surface area contributed by atoms with E-state index in [1.54, 1.807) is 22.7 Å². The zero-order valence-corrected chi connectivity index (χ0v) is 17.2. The molecular weight excluding hydrogens is 378 g/mol. The van der Waals surface area contributed by atoms with Gasteiger partial charge in [0.25, 0.3) is 5.19 Å². The zero-order valence-electron chi connectivity index (χ0n) is 15.5. The minimum atomic E-state index is 0.00749. The van der Waals surface area contributed by atoms with Gasteiger partial charge >= 0.3 is 6.03 Å². The molecular formula is C20H23N3O2S2. The van der Waals surface area contributed by atoms with E-state index in [1.807, 2.05) is 22.4 Å². The Balaban J connectivity index is 1.31. The molecule has 4 rings (SSSR count). The molecule has 0 unspecified atom stereocenters. The van der Waals surface area contributed by atoms with Crippen LogP contribution >= 0.6 is 22.7 Å². The molecule has 1 aromatic carbocycles. The summed E-state index contributed by atoms with van der Waals surface area (Å²) in [5, 5.41) is 5.76. The number of aromatic nitrogens is 1. The molecule has 1 aliphatic heterocycles. The molecule has 3 aromatic rings. The van der Waals surface area contributed by atoms with Gasteiger partial charge in [-0.05, 0) is 36.4 Å². The first-order valence-corrected chi connectivity index (χ1v) is 10.9. The van der Waals surface area contributed by atoms with Gasteiger partial charge < -0.3 is 15.0 Å². The van der Waals surface area contributed by atoms with E-state index in [1.165, 1.54) is 20.7 Å². The van der Waals surface area contributed by atoms with E-state index in [9.17, 15) is 4.79 Å². The van der Waals surface area contributed by atoms with Crippen molar-refractivity contribution in [3.63, 3.8) is 0 Å². The van der Waals surface area contributed by atoms with Gasteiger partial charge in [0.15, 0.2) is 0 Å². The number of nitrogens with zero attached hydrogens (tertiary/aromatic N) is 2. The third kappa shape index (κ3) is 4.09. The average molecular weight is 402 g/mol. The molecule has 5 nitrogen and oxygen atoms in total. The molecule has 1 fully saturated rings. The maximum atomic E-state index is 12.3. The van der Waals surface area contributed by atoms with E-state index in [2.05, 4.69) is 36.3 Å². The highest BCUT2D eigenvalue weighted by Gasteiger charge is 2.25. The number of thiazole rings is 1. The average Bonchev–Trinajstić information content (AvgIpc) is 3.34. The fraction of sp³-hybridized carbons (Fsp3) is 0.400. The summed E-state index contributed by atoms with van der Waals surface area (Å²) in [4.78, 5) is 20.0. The maximum Gasteiger partial charge on any atom is 0.317 e. The molecule has 7 heteroatoms. The van der Waals surface area contributed by atoms with Gasteiger partial charge in [-0.2, -0.15) is 0 Å². The van der Waals surface area contributed by atoms with Crippen LogP contribution in [0.15, 0.2) is 29.6 Å². The minimum absolute atomic E-state index is 0.00749. The lowest BCUT2D eigenvalue weighted by Crippen LogP contribution is -2.46. The number of carbonyl (C=O) groups excluding carboxylic acids is 1. The summed E-state index contributed by atoms with van der Waals surface area (Å²) in [6.45, 7) is 6.21. The first-order valence-electron chi connectivity index (χ1n) is 9.18. The van der Waals surface area contributed by atoms with Crippen LogP contribution in [0.25, 0.3) is 10.2 Å². The van der Waals surface area contributed by atoms with Crippen LogP contribution in [0.3, 0.4) is 0 Å². The molecule has 0 bridgehead atoms. The number of hydrogen-bond acceptors (Lipinski definition) is 5. The number of fused-ring (bicyclic) bond motifs is 1. The number of ether oxygens (including phenoxy) is 1. The Morgan fingerprint density at radius 2 is 2.04 bits per heavy atom. The van der Waals surface area contributed by atoms with Crippen LogP contribution in [0.2, 0.25) is 0 Å². The fourth-order valence-electron chi connectivity index (χ4n) is 3.30. The SMILES string of the molecule is Cc1ccc(C)c2sc(OC3CCN(C(=O)NCc4cccs4)CC3)nc12. The number of nitrogens with one attached hydrogen (secondary N) is 1. The van der Waals surface area contributed by atoms with Gasteiger partial charge in [-0.15, -0.1) is 11.3 Å². The summed E-state index contributed by atoms with van der Waals surface area (Å²) in [7, 11) is 0. The smallest absolute Gasteiger partial charge is 0.317 e. The monoisotopic (exact) mass is 401 g/mol. The van der Waals surface area contributed by atoms with Gasteiger partial charge in [0.1, 0.15) is 6.10 Å². The van der Waals surface area contributed by atoms with Crippen LogP contribution in [0, 0.1) is 13.8 Å². The van der Waals surface area contributed by atoms with E-state index in [0.717, 1.165) is 23.6 Å². The van der Waals surface area contributed by atoms with Crippen molar-refractivity contribution in [2.45, 2.75) is 39.3 Å². The normalized spacial score (nSPS) is 15.3. The molecule has 0 saturated carbocycles. The van der Waals surface area contributed by atoms with E-state index in [0.29, 0.717) is 19.6 Å². The van der Waals surface area contributed by atoms with Crippen molar-refractivity contribution in [2.75, 3.05) is 13.1 Å². The Morgan fingerprint density at radius 3 is 2.74 bits per heavy atom. The highest BCUT2D eigenvalue weighted by atomic mass is 32.1. The number of urea groups is 1. The molecule has 142 valence electrons. The van der Waals surface area contributed by atoms with Crippen LogP contribution in [0.4, 0.5) is 4.79 Å². The summed E-state index contributed by atoms with van der Waals surface area (Å²) < 4.78 is 7.35. The van der Waals surface area contributed by atoms with Crippen molar-refractivity contribution in [2.24, 2.45) is 0 Å². The lowest BCUT2D eigenvalue weighted by Gasteiger charge is -2.31. The van der Waals surface area contributed by atoms with E-state index in [-0.39, 0.29) is 12.1 Å². The van der Waals surface area contributed by atoms with E-state index >= 15 is 0 Å². The van der Waals surface area contributed by atoms with Crippen molar-refractivity contribution in [1.29, 1.82) is 0 Å². The van der Waals surface area contributed by atoms with Gasteiger partial charge in [0.2, 0.25) is 0 Å². The van der Waals surface area contributed by atoms with Crippen LogP contribution in [-0.2, 0) is 6.54 Å². The standard InChI is InChI=1S/C20H23N3O2S2/c1-13-5-6-14(2)18-17(13)22-20(27-18)25-15-7-9-23(10-8-15)19(24)21-12-16-4-3-11-26-16/h3-6,11,15H,7-10,12H2,1-2H3,(H,21,24). The number of aryl methyl sites for hydroxylation is 2. The van der Waals surface area contributed by atoms with Crippen molar-refractivity contribution < 1.29 is 9.53 Å². The predicted octanol–water partition coefficient (Wildman–Crippen LogP) is 4.73. The number of thiophene rings is 1. The number of carbonyl (C=O) groups is 1. The van der Waals surface area contributed by atoms with E-state index in [4.69, 9.17) is 4.74 Å². The second kappa shape index (κ2) is 7.86. The predicted molar refractivity (Wildman–Crippen MR) is 111 cm³/mol. The van der Waals surface area contributed by atoms with Gasteiger partial charge in [0.05, 0.1) is 16.8 Å². The topological polar surface area (TPSA) is 54.5 Å². The van der Waals surface area contributed by atoms with Crippen LogP contribution in [0.5, 0.6) is 5.19 Å². The molecule has 27 heavy (non-hydrogen) atoms. The molecule has 0 atom stereocenters. The first kappa shape index (κ1) is 18.3. The molecule has 0 radical (unpaired) electrons. The van der Waals surface area contributed by atoms with Gasteiger partial charge in [0, 0.05) is 30.8 Å². The molecule has 1 N–H and O–H groups in total. The highest BCUT2D eigenvalue weighted by molar-refractivity contribution is 7.20. The fourth-order valence-corrected chi connectivity index (χ4v) is 4.97. The number of amides is 2. The molecule has 2 aromatic heterocycles. The molecule has 2 amide bonds. The number of rotatable bonds is 4. The quantitative estimate of drug-likeness (QED) is 0.688. The molecule has 1 aliphatic rings. The van der Waals surface area contributed by atoms with Crippen LogP contribution in [-0.4, -0.2) is 35.1 Å². The molecule has 0 aliphatic carbocycles. The molecule has 1 saturated heterocycles. The lowest BCUT2D eigenvalue weighted by atomic mass is 10.1. The lowest BCUT2D eigenvalue weighted by molar-refractivity contribution is 0.111. The second-order valence-electron chi connectivity index (χ2n) is 6.90.